The van der Waals surface area contributed by atoms with Gasteiger partial charge in [0.2, 0.25) is 5.95 Å². The van der Waals surface area contributed by atoms with Crippen LogP contribution in [-0.4, -0.2) is 23.3 Å². The van der Waals surface area contributed by atoms with E-state index < -0.39 is 0 Å². The maximum absolute atomic E-state index is 5.88. The van der Waals surface area contributed by atoms with Gasteiger partial charge in [0.25, 0.3) is 0 Å². The molecule has 0 fully saturated rings. The molecule has 0 bridgehead atoms. The third-order valence-electron chi connectivity index (χ3n) is 2.47. The molecule has 1 aromatic heterocycles. The van der Waals surface area contributed by atoms with Gasteiger partial charge in [0, 0.05) is 24.7 Å². The smallest absolute Gasteiger partial charge is 0.201 e. The van der Waals surface area contributed by atoms with Crippen molar-refractivity contribution >= 4 is 32.9 Å². The number of halogens is 1. The lowest BCUT2D eigenvalue weighted by Gasteiger charge is -2.05. The van der Waals surface area contributed by atoms with E-state index in [1.807, 2.05) is 22.8 Å². The van der Waals surface area contributed by atoms with Crippen LogP contribution in [0.2, 0.25) is 0 Å². The van der Waals surface area contributed by atoms with Gasteiger partial charge in [-0.15, -0.1) is 0 Å². The quantitative estimate of drug-likeness (QED) is 0.877. The molecule has 0 radical (unpaired) electrons. The monoisotopic (exact) mass is 283 g/mol. The van der Waals surface area contributed by atoms with E-state index in [1.54, 1.807) is 7.11 Å². The minimum absolute atomic E-state index is 0.559. The zero-order valence-electron chi connectivity index (χ0n) is 9.11. The number of hydrogen-bond donors (Lipinski definition) is 1. The molecular weight excluding hydrogens is 270 g/mol. The number of anilines is 1. The van der Waals surface area contributed by atoms with Crippen molar-refractivity contribution in [2.45, 2.75) is 13.0 Å². The first-order valence-electron chi connectivity index (χ1n) is 5.12. The Morgan fingerprint density at radius 2 is 2.31 bits per heavy atom. The average molecular weight is 284 g/mol. The van der Waals surface area contributed by atoms with Crippen LogP contribution in [0.5, 0.6) is 0 Å². The van der Waals surface area contributed by atoms with Crippen molar-refractivity contribution in [2.75, 3.05) is 19.5 Å². The minimum atomic E-state index is 0.559. The van der Waals surface area contributed by atoms with Gasteiger partial charge in [-0.25, -0.2) is 4.98 Å². The summed E-state index contributed by atoms with van der Waals surface area (Å²) < 4.78 is 8.08. The van der Waals surface area contributed by atoms with Crippen LogP contribution >= 0.6 is 15.9 Å². The molecule has 0 aliphatic heterocycles. The zero-order chi connectivity index (χ0) is 11.5. The fourth-order valence-corrected chi connectivity index (χ4v) is 2.07. The molecule has 16 heavy (non-hydrogen) atoms. The third kappa shape index (κ3) is 2.20. The molecule has 1 aromatic carbocycles. The fraction of sp³-hybridized carbons (Fsp3) is 0.364. The normalized spacial score (nSPS) is 11.1. The Morgan fingerprint density at radius 1 is 1.50 bits per heavy atom. The van der Waals surface area contributed by atoms with E-state index in [1.165, 1.54) is 0 Å². The summed E-state index contributed by atoms with van der Waals surface area (Å²) >= 11 is 3.45. The molecule has 0 aliphatic carbocycles. The number of imidazole rings is 1. The largest absolute Gasteiger partial charge is 0.385 e. The molecule has 2 N–H and O–H groups in total. The van der Waals surface area contributed by atoms with Gasteiger partial charge in [-0.1, -0.05) is 15.9 Å². The topological polar surface area (TPSA) is 53.1 Å². The molecule has 4 nitrogen and oxygen atoms in total. The summed E-state index contributed by atoms with van der Waals surface area (Å²) in [5.41, 5.74) is 7.87. The summed E-state index contributed by atoms with van der Waals surface area (Å²) in [7, 11) is 1.70. The molecule has 2 rings (SSSR count). The van der Waals surface area contributed by atoms with Crippen molar-refractivity contribution in [3.05, 3.63) is 22.7 Å². The van der Waals surface area contributed by atoms with Gasteiger partial charge in [-0.3, -0.25) is 0 Å². The molecule has 0 unspecified atom stereocenters. The number of fused-ring (bicyclic) bond motifs is 1. The second kappa shape index (κ2) is 4.84. The van der Waals surface area contributed by atoms with Gasteiger partial charge in [-0.2, -0.15) is 0 Å². The molecule has 0 saturated carbocycles. The number of hydrogen-bond acceptors (Lipinski definition) is 3. The molecular formula is C11H14BrN3O. The van der Waals surface area contributed by atoms with Gasteiger partial charge >= 0.3 is 0 Å². The summed E-state index contributed by atoms with van der Waals surface area (Å²) in [4.78, 5) is 4.31. The lowest BCUT2D eigenvalue weighted by Crippen LogP contribution is -2.05. The van der Waals surface area contributed by atoms with Crippen LogP contribution in [0.4, 0.5) is 5.95 Å². The Labute approximate surface area is 103 Å². The molecule has 1 heterocycles. The maximum atomic E-state index is 5.88. The Hall–Kier alpha value is -1.07. The van der Waals surface area contributed by atoms with Crippen molar-refractivity contribution in [3.8, 4) is 0 Å². The number of nitrogen functional groups attached to an aromatic ring is 1. The lowest BCUT2D eigenvalue weighted by molar-refractivity contribution is 0.191. The van der Waals surface area contributed by atoms with Gasteiger partial charge < -0.3 is 15.0 Å². The number of methoxy groups -OCH3 is 1. The highest BCUT2D eigenvalue weighted by Gasteiger charge is 2.07. The van der Waals surface area contributed by atoms with Gasteiger partial charge in [0.05, 0.1) is 11.0 Å². The predicted octanol–water partition coefficient (Wildman–Crippen LogP) is 2.42. The van der Waals surface area contributed by atoms with Crippen molar-refractivity contribution in [1.29, 1.82) is 0 Å². The minimum Gasteiger partial charge on any atom is -0.385 e. The number of aryl methyl sites for hydroxylation is 1. The van der Waals surface area contributed by atoms with E-state index in [9.17, 15) is 0 Å². The van der Waals surface area contributed by atoms with Crippen molar-refractivity contribution < 1.29 is 4.74 Å². The highest BCUT2D eigenvalue weighted by Crippen LogP contribution is 2.22. The molecule has 86 valence electrons. The van der Waals surface area contributed by atoms with Gasteiger partial charge in [-0.05, 0) is 24.6 Å². The molecule has 5 heteroatoms. The number of nitrogens with two attached hydrogens (primary N) is 1. The van der Waals surface area contributed by atoms with Crippen molar-refractivity contribution in [2.24, 2.45) is 0 Å². The van der Waals surface area contributed by atoms with Crippen LogP contribution in [0.3, 0.4) is 0 Å². The van der Waals surface area contributed by atoms with Crippen LogP contribution in [0.15, 0.2) is 22.7 Å². The van der Waals surface area contributed by atoms with Gasteiger partial charge in [0.1, 0.15) is 0 Å². The van der Waals surface area contributed by atoms with E-state index in [0.717, 1.165) is 35.1 Å². The van der Waals surface area contributed by atoms with Crippen LogP contribution in [0.1, 0.15) is 6.42 Å². The average Bonchev–Trinajstić information content (AvgIpc) is 2.56. The standard InChI is InChI=1S/C11H14BrN3O/c1-16-6-2-5-15-10-7-8(12)3-4-9(10)14-11(15)13/h3-4,7H,2,5-6H2,1H3,(H2,13,14). The van der Waals surface area contributed by atoms with E-state index in [2.05, 4.69) is 20.9 Å². The molecule has 0 spiro atoms. The van der Waals surface area contributed by atoms with Crippen molar-refractivity contribution in [1.82, 2.24) is 9.55 Å². The highest BCUT2D eigenvalue weighted by molar-refractivity contribution is 9.10. The predicted molar refractivity (Wildman–Crippen MR) is 68.3 cm³/mol. The van der Waals surface area contributed by atoms with Gasteiger partial charge in [0.15, 0.2) is 0 Å². The van der Waals surface area contributed by atoms with E-state index in [4.69, 9.17) is 10.5 Å². The number of aromatic nitrogens is 2. The second-order valence-corrected chi connectivity index (χ2v) is 4.52. The number of nitrogens with zero attached hydrogens (tertiary/aromatic N) is 2. The molecule has 0 amide bonds. The van der Waals surface area contributed by atoms with Crippen LogP contribution in [0, 0.1) is 0 Å². The third-order valence-corrected chi connectivity index (χ3v) is 2.96. The SMILES string of the molecule is COCCCn1c(N)nc2ccc(Br)cc21. The molecule has 0 atom stereocenters. The number of ether oxygens (including phenoxy) is 1. The lowest BCUT2D eigenvalue weighted by atomic mass is 10.3. The Morgan fingerprint density at radius 3 is 3.06 bits per heavy atom. The Bertz CT molecular complexity index is 495. The molecule has 0 aliphatic rings. The number of rotatable bonds is 4. The number of benzene rings is 1. The first kappa shape index (κ1) is 11.4. The van der Waals surface area contributed by atoms with E-state index in [-0.39, 0.29) is 0 Å². The Kier molecular flexibility index (Phi) is 3.46. The summed E-state index contributed by atoms with van der Waals surface area (Å²) in [6.45, 7) is 1.56. The summed E-state index contributed by atoms with van der Waals surface area (Å²) in [6, 6.07) is 5.96. The fourth-order valence-electron chi connectivity index (χ4n) is 1.72. The van der Waals surface area contributed by atoms with Crippen molar-refractivity contribution in [3.63, 3.8) is 0 Å². The van der Waals surface area contributed by atoms with Crippen LogP contribution in [-0.2, 0) is 11.3 Å². The molecule has 2 aromatic rings. The van der Waals surface area contributed by atoms with E-state index in [0.29, 0.717) is 5.95 Å². The molecule has 0 saturated heterocycles. The first-order valence-corrected chi connectivity index (χ1v) is 5.92. The summed E-state index contributed by atoms with van der Waals surface area (Å²) in [5, 5.41) is 0. The highest BCUT2D eigenvalue weighted by atomic mass is 79.9. The van der Waals surface area contributed by atoms with Crippen LogP contribution in [0.25, 0.3) is 11.0 Å². The summed E-state index contributed by atoms with van der Waals surface area (Å²) in [5.74, 6) is 0.559. The second-order valence-electron chi connectivity index (χ2n) is 3.60. The Balaban J connectivity index is 2.34. The maximum Gasteiger partial charge on any atom is 0.201 e. The van der Waals surface area contributed by atoms with E-state index >= 15 is 0 Å². The first-order chi connectivity index (χ1) is 7.72. The zero-order valence-corrected chi connectivity index (χ0v) is 10.7. The summed E-state index contributed by atoms with van der Waals surface area (Å²) in [6.07, 6.45) is 0.929. The van der Waals surface area contributed by atoms with Crippen LogP contribution < -0.4 is 5.73 Å².